The van der Waals surface area contributed by atoms with E-state index in [4.69, 9.17) is 11.6 Å². The molecule has 0 saturated carbocycles. The summed E-state index contributed by atoms with van der Waals surface area (Å²) in [4.78, 5) is 41.4. The number of rotatable bonds is 9. The largest absolute Gasteiger partial charge is 0.481 e. The third-order valence-electron chi connectivity index (χ3n) is 5.93. The van der Waals surface area contributed by atoms with Crippen LogP contribution in [0.15, 0.2) is 72.9 Å². The van der Waals surface area contributed by atoms with E-state index in [-0.39, 0.29) is 23.7 Å². The quantitative estimate of drug-likeness (QED) is 0.283. The molecule has 0 fully saturated rings. The van der Waals surface area contributed by atoms with E-state index in [0.717, 1.165) is 24.0 Å². The zero-order valence-electron chi connectivity index (χ0n) is 19.3. The highest BCUT2D eigenvalue weighted by Gasteiger charge is 2.18. The maximum atomic E-state index is 13.2. The van der Waals surface area contributed by atoms with Crippen molar-refractivity contribution in [3.63, 3.8) is 0 Å². The van der Waals surface area contributed by atoms with Crippen molar-refractivity contribution in [2.75, 3.05) is 0 Å². The van der Waals surface area contributed by atoms with E-state index in [1.54, 1.807) is 30.3 Å². The van der Waals surface area contributed by atoms with Gasteiger partial charge in [-0.15, -0.1) is 0 Å². The molecule has 35 heavy (non-hydrogen) atoms. The van der Waals surface area contributed by atoms with Crippen molar-refractivity contribution in [3.05, 3.63) is 111 Å². The van der Waals surface area contributed by atoms with Crippen LogP contribution in [0, 0.1) is 6.92 Å². The third kappa shape index (κ3) is 5.81. The lowest BCUT2D eigenvalue weighted by atomic mass is 9.96. The minimum Gasteiger partial charge on any atom is -0.481 e. The van der Waals surface area contributed by atoms with Gasteiger partial charge in [0, 0.05) is 34.2 Å². The van der Waals surface area contributed by atoms with Gasteiger partial charge < -0.3 is 5.11 Å². The summed E-state index contributed by atoms with van der Waals surface area (Å²) >= 11 is 5.91. The molecule has 0 radical (unpaired) electrons. The van der Waals surface area contributed by atoms with Crippen LogP contribution in [0.1, 0.15) is 55.9 Å². The van der Waals surface area contributed by atoms with E-state index < -0.39 is 5.97 Å². The van der Waals surface area contributed by atoms with Crippen LogP contribution in [0.5, 0.6) is 0 Å². The molecule has 1 heterocycles. The van der Waals surface area contributed by atoms with Gasteiger partial charge in [-0.3, -0.25) is 19.4 Å². The van der Waals surface area contributed by atoms with E-state index in [0.29, 0.717) is 38.9 Å². The lowest BCUT2D eigenvalue weighted by Crippen LogP contribution is -2.09. The number of pyridine rings is 1. The first kappa shape index (κ1) is 24.3. The van der Waals surface area contributed by atoms with Crippen LogP contribution >= 0.6 is 11.6 Å². The molecule has 0 bridgehead atoms. The summed E-state index contributed by atoms with van der Waals surface area (Å²) in [5, 5.41) is 11.2. The summed E-state index contributed by atoms with van der Waals surface area (Å²) in [7, 11) is 0. The average Bonchev–Trinajstić information content (AvgIpc) is 2.85. The number of nitrogens with zero attached hydrogens (tertiary/aromatic N) is 1. The van der Waals surface area contributed by atoms with Crippen LogP contribution in [0.3, 0.4) is 0 Å². The third-order valence-corrected chi connectivity index (χ3v) is 6.19. The number of aryl methyl sites for hydroxylation is 2. The number of hydrogen-bond acceptors (Lipinski definition) is 4. The average molecular weight is 486 g/mol. The molecule has 0 aliphatic heterocycles. The van der Waals surface area contributed by atoms with Crippen molar-refractivity contribution in [1.29, 1.82) is 0 Å². The predicted molar refractivity (Wildman–Crippen MR) is 136 cm³/mol. The van der Waals surface area contributed by atoms with Gasteiger partial charge in [-0.05, 0) is 48.4 Å². The summed E-state index contributed by atoms with van der Waals surface area (Å²) in [6.45, 7) is 1.91. The van der Waals surface area contributed by atoms with Crippen molar-refractivity contribution < 1.29 is 19.5 Å². The number of Topliss-reactive ketones (excluding diaryl/α,β-unsaturated/α-hetero) is 1. The van der Waals surface area contributed by atoms with Gasteiger partial charge in [0.2, 0.25) is 5.78 Å². The Bertz CT molecular complexity index is 1410. The molecule has 0 amide bonds. The number of halogens is 1. The minimum absolute atomic E-state index is 0.0232. The summed E-state index contributed by atoms with van der Waals surface area (Å²) in [6, 6.07) is 19.8. The number of carbonyl (C=O) groups is 3. The second-order valence-corrected chi connectivity index (χ2v) is 9.00. The lowest BCUT2D eigenvalue weighted by Gasteiger charge is -2.10. The van der Waals surface area contributed by atoms with Crippen molar-refractivity contribution in [2.24, 2.45) is 0 Å². The van der Waals surface area contributed by atoms with Crippen LogP contribution in [-0.4, -0.2) is 27.6 Å². The van der Waals surface area contributed by atoms with Gasteiger partial charge in [0.15, 0.2) is 5.78 Å². The lowest BCUT2D eigenvalue weighted by molar-refractivity contribution is -0.136. The van der Waals surface area contributed by atoms with E-state index in [9.17, 15) is 19.5 Å². The normalized spacial score (nSPS) is 10.9. The Morgan fingerprint density at radius 2 is 1.57 bits per heavy atom. The Morgan fingerprint density at radius 1 is 0.886 bits per heavy atom. The van der Waals surface area contributed by atoms with Gasteiger partial charge in [-0.25, -0.2) is 0 Å². The Labute approximate surface area is 208 Å². The van der Waals surface area contributed by atoms with Crippen LogP contribution in [0.25, 0.3) is 10.8 Å². The van der Waals surface area contributed by atoms with Crippen molar-refractivity contribution in [2.45, 2.75) is 32.6 Å². The molecule has 0 spiro atoms. The molecule has 0 atom stereocenters. The number of carboxylic acids is 1. The molecule has 6 heteroatoms. The monoisotopic (exact) mass is 485 g/mol. The Kier molecular flexibility index (Phi) is 7.37. The van der Waals surface area contributed by atoms with Crippen LogP contribution in [-0.2, 0) is 17.6 Å². The SMILES string of the molecule is Cc1ccc2c(C(=O)c3ccc(C(=O)CCCc4ccc(Cl)cc4)cc3)ncc(CC(=O)O)c2c1. The summed E-state index contributed by atoms with van der Waals surface area (Å²) in [6.07, 6.45) is 3.21. The molecule has 0 aliphatic carbocycles. The van der Waals surface area contributed by atoms with Gasteiger partial charge >= 0.3 is 5.97 Å². The predicted octanol–water partition coefficient (Wildman–Crippen LogP) is 6.26. The van der Waals surface area contributed by atoms with E-state index in [2.05, 4.69) is 4.98 Å². The number of benzene rings is 3. The zero-order chi connectivity index (χ0) is 24.9. The van der Waals surface area contributed by atoms with E-state index >= 15 is 0 Å². The van der Waals surface area contributed by atoms with E-state index in [1.807, 2.05) is 43.3 Å². The van der Waals surface area contributed by atoms with Gasteiger partial charge in [0.05, 0.1) is 6.42 Å². The maximum Gasteiger partial charge on any atom is 0.307 e. The molecule has 0 saturated heterocycles. The van der Waals surface area contributed by atoms with Gasteiger partial charge in [0.25, 0.3) is 0 Å². The molecular weight excluding hydrogens is 462 g/mol. The standard InChI is InChI=1S/C29H24ClNO4/c1-18-5-14-24-25(15-18)22(16-27(33)34)17-31-28(24)29(35)21-10-8-20(9-11-21)26(32)4-2-3-19-6-12-23(30)13-7-19/h5-15,17H,2-4,16H2,1H3,(H,33,34). The van der Waals surface area contributed by atoms with Gasteiger partial charge in [-0.1, -0.05) is 71.8 Å². The first-order valence-corrected chi connectivity index (χ1v) is 11.7. The molecule has 4 rings (SSSR count). The first-order chi connectivity index (χ1) is 16.8. The maximum absolute atomic E-state index is 13.2. The highest BCUT2D eigenvalue weighted by molar-refractivity contribution is 6.30. The highest BCUT2D eigenvalue weighted by atomic mass is 35.5. The van der Waals surface area contributed by atoms with Gasteiger partial charge in [0.1, 0.15) is 5.69 Å². The fraction of sp³-hybridized carbons (Fsp3) is 0.172. The molecule has 0 unspecified atom stereocenters. The number of carbonyl (C=O) groups excluding carboxylic acids is 2. The molecule has 4 aromatic rings. The second kappa shape index (κ2) is 10.6. The number of ketones is 2. The van der Waals surface area contributed by atoms with Crippen LogP contribution < -0.4 is 0 Å². The number of fused-ring (bicyclic) bond motifs is 1. The summed E-state index contributed by atoms with van der Waals surface area (Å²) in [5.74, 6) is -1.21. The topological polar surface area (TPSA) is 84.3 Å². The summed E-state index contributed by atoms with van der Waals surface area (Å²) in [5.41, 5.74) is 3.90. The molecule has 176 valence electrons. The highest BCUT2D eigenvalue weighted by Crippen LogP contribution is 2.25. The first-order valence-electron chi connectivity index (χ1n) is 11.3. The second-order valence-electron chi connectivity index (χ2n) is 8.56. The van der Waals surface area contributed by atoms with Crippen molar-refractivity contribution >= 4 is 39.9 Å². The minimum atomic E-state index is -0.956. The molecule has 1 aromatic heterocycles. The van der Waals surface area contributed by atoms with Crippen molar-refractivity contribution in [1.82, 2.24) is 4.98 Å². The van der Waals surface area contributed by atoms with E-state index in [1.165, 1.54) is 6.20 Å². The van der Waals surface area contributed by atoms with Crippen LogP contribution in [0.4, 0.5) is 0 Å². The Balaban J connectivity index is 1.49. The molecule has 5 nitrogen and oxygen atoms in total. The smallest absolute Gasteiger partial charge is 0.307 e. The zero-order valence-corrected chi connectivity index (χ0v) is 20.0. The molecule has 1 N–H and O–H groups in total. The Hall–Kier alpha value is -3.83. The molecule has 0 aliphatic rings. The fourth-order valence-electron chi connectivity index (χ4n) is 4.09. The van der Waals surface area contributed by atoms with Crippen molar-refractivity contribution in [3.8, 4) is 0 Å². The van der Waals surface area contributed by atoms with Crippen LogP contribution in [0.2, 0.25) is 5.02 Å². The number of aromatic nitrogens is 1. The number of hydrogen-bond donors (Lipinski definition) is 1. The fourth-order valence-corrected chi connectivity index (χ4v) is 4.22. The van der Waals surface area contributed by atoms with Gasteiger partial charge in [-0.2, -0.15) is 0 Å². The molecule has 3 aromatic carbocycles. The summed E-state index contributed by atoms with van der Waals surface area (Å²) < 4.78 is 0. The Morgan fingerprint density at radius 3 is 2.26 bits per heavy atom. The number of carboxylic acid groups (broad SMARTS) is 1. The molecular formula is C29H24ClNO4. The number of aliphatic carboxylic acids is 1.